The minimum absolute atomic E-state index is 0.434. The molecule has 144 valence electrons. The molecule has 26 heavy (non-hydrogen) atoms. The van der Waals surface area contributed by atoms with Crippen LogP contribution in [0.2, 0.25) is 0 Å². The van der Waals surface area contributed by atoms with E-state index in [1.807, 2.05) is 0 Å². The van der Waals surface area contributed by atoms with E-state index < -0.39 is 36.0 Å². The minimum atomic E-state index is -4.72. The van der Waals surface area contributed by atoms with E-state index in [2.05, 4.69) is 10.3 Å². The molecule has 0 spiro atoms. The fourth-order valence-electron chi connectivity index (χ4n) is 4.15. The van der Waals surface area contributed by atoms with Crippen molar-refractivity contribution in [1.82, 2.24) is 15.3 Å². The van der Waals surface area contributed by atoms with E-state index in [1.165, 1.54) is 25.7 Å². The number of aromatic nitrogens is 2. The summed E-state index contributed by atoms with van der Waals surface area (Å²) in [5.74, 6) is 0.987. The number of hydrogen-bond donors (Lipinski definition) is 2. The molecule has 0 saturated heterocycles. The maximum atomic E-state index is 12.6. The van der Waals surface area contributed by atoms with E-state index >= 15 is 0 Å². The van der Waals surface area contributed by atoms with E-state index in [4.69, 9.17) is 4.74 Å². The molecule has 0 radical (unpaired) electrons. The highest BCUT2D eigenvalue weighted by molar-refractivity contribution is 5.77. The molecule has 2 bridgehead atoms. The first kappa shape index (κ1) is 18.7. The summed E-state index contributed by atoms with van der Waals surface area (Å²) < 4.78 is 42.9. The summed E-state index contributed by atoms with van der Waals surface area (Å²) in [4.78, 5) is 28.0. The fourth-order valence-corrected chi connectivity index (χ4v) is 4.15. The third kappa shape index (κ3) is 4.98. The number of carbonyl (C=O) groups is 1. The molecule has 2 fully saturated rings. The normalized spacial score (nSPS) is 25.6. The Labute approximate surface area is 148 Å². The molecular weight excluding hydrogens is 351 g/mol. The van der Waals surface area contributed by atoms with Gasteiger partial charge in [0.25, 0.3) is 5.91 Å². The summed E-state index contributed by atoms with van der Waals surface area (Å²) in [5.41, 5.74) is -2.44. The van der Waals surface area contributed by atoms with Crippen LogP contribution in [0, 0.1) is 17.8 Å². The number of ether oxygens (including phenoxy) is 1. The number of alkyl halides is 3. The molecule has 1 heterocycles. The topological polar surface area (TPSA) is 84.1 Å². The molecule has 1 aromatic rings. The number of nitrogens with one attached hydrogen (secondary N) is 2. The van der Waals surface area contributed by atoms with Gasteiger partial charge in [0.1, 0.15) is 5.69 Å². The van der Waals surface area contributed by atoms with Gasteiger partial charge in [-0.15, -0.1) is 0 Å². The van der Waals surface area contributed by atoms with Gasteiger partial charge in [-0.25, -0.2) is 4.79 Å². The smallest absolute Gasteiger partial charge is 0.431 e. The fraction of sp³-hybridized carbons (Fsp3) is 0.706. The van der Waals surface area contributed by atoms with E-state index in [-0.39, 0.29) is 0 Å². The predicted octanol–water partition coefficient (Wildman–Crippen LogP) is 2.50. The predicted molar refractivity (Wildman–Crippen MR) is 86.5 cm³/mol. The standard InChI is InChI=1S/C17H22F3N3O3/c18-17(19,20)13-7-15(23-16(25)22-13)26-9-14(24)21-8-12-5-10-2-1-3-11(4-10)6-12/h7,10-12H,1-6,8-9H2,(H,21,24)(H,22,23,25). The number of nitrogens with zero attached hydrogens (tertiary/aromatic N) is 1. The highest BCUT2D eigenvalue weighted by Crippen LogP contribution is 2.42. The van der Waals surface area contributed by atoms with Crippen molar-refractivity contribution in [2.24, 2.45) is 17.8 Å². The number of aromatic amines is 1. The lowest BCUT2D eigenvalue weighted by Crippen LogP contribution is -2.37. The van der Waals surface area contributed by atoms with Gasteiger partial charge in [0.2, 0.25) is 5.88 Å². The maximum absolute atomic E-state index is 12.6. The number of carbonyl (C=O) groups excluding carboxylic acids is 1. The van der Waals surface area contributed by atoms with E-state index in [1.54, 1.807) is 4.98 Å². The first-order valence-electron chi connectivity index (χ1n) is 8.87. The molecule has 9 heteroatoms. The average Bonchev–Trinajstić information content (AvgIpc) is 2.56. The van der Waals surface area contributed by atoms with Gasteiger partial charge in [0.15, 0.2) is 6.61 Å². The van der Waals surface area contributed by atoms with Crippen LogP contribution in [0.4, 0.5) is 13.2 Å². The lowest BCUT2D eigenvalue weighted by atomic mass is 9.68. The van der Waals surface area contributed by atoms with Crippen molar-refractivity contribution in [2.75, 3.05) is 13.2 Å². The number of H-pyrrole nitrogens is 1. The van der Waals surface area contributed by atoms with Crippen molar-refractivity contribution in [3.63, 3.8) is 0 Å². The number of amides is 1. The van der Waals surface area contributed by atoms with Crippen LogP contribution in [0.15, 0.2) is 10.9 Å². The molecule has 2 saturated carbocycles. The van der Waals surface area contributed by atoms with Crippen molar-refractivity contribution >= 4 is 5.91 Å². The number of rotatable bonds is 5. The summed E-state index contributed by atoms with van der Waals surface area (Å²) in [7, 11) is 0. The van der Waals surface area contributed by atoms with Crippen LogP contribution in [0.1, 0.15) is 44.2 Å². The third-order valence-electron chi connectivity index (χ3n) is 5.19. The monoisotopic (exact) mass is 373 g/mol. The van der Waals surface area contributed by atoms with Crippen molar-refractivity contribution < 1.29 is 22.7 Å². The van der Waals surface area contributed by atoms with E-state index in [9.17, 15) is 22.8 Å². The number of hydrogen-bond acceptors (Lipinski definition) is 4. The lowest BCUT2D eigenvalue weighted by molar-refractivity contribution is -0.141. The zero-order chi connectivity index (χ0) is 18.7. The van der Waals surface area contributed by atoms with Gasteiger partial charge < -0.3 is 15.0 Å². The van der Waals surface area contributed by atoms with Gasteiger partial charge in [-0.3, -0.25) is 4.79 Å². The van der Waals surface area contributed by atoms with Crippen LogP contribution in [0.3, 0.4) is 0 Å². The Morgan fingerprint density at radius 3 is 2.62 bits per heavy atom. The van der Waals surface area contributed by atoms with Crippen molar-refractivity contribution in [3.05, 3.63) is 22.2 Å². The summed E-state index contributed by atoms with van der Waals surface area (Å²) in [6, 6.07) is 0.566. The molecule has 2 aliphatic rings. The second-order valence-corrected chi connectivity index (χ2v) is 7.26. The minimum Gasteiger partial charge on any atom is -0.467 e. The molecule has 1 amide bonds. The summed E-state index contributed by atoms with van der Waals surface area (Å²) in [6.07, 6.45) is 2.63. The van der Waals surface area contributed by atoms with Crippen molar-refractivity contribution in [1.29, 1.82) is 0 Å². The SMILES string of the molecule is O=C(COc1cc(C(F)(F)F)[nH]c(=O)n1)NCC1CC2CCCC(C2)C1. The van der Waals surface area contributed by atoms with E-state index in [0.717, 1.165) is 24.7 Å². The summed E-state index contributed by atoms with van der Waals surface area (Å²) in [6.45, 7) is 0.0686. The average molecular weight is 373 g/mol. The van der Waals surface area contributed by atoms with Crippen LogP contribution in [-0.4, -0.2) is 29.0 Å². The Bertz CT molecular complexity index is 692. The number of fused-ring (bicyclic) bond motifs is 2. The largest absolute Gasteiger partial charge is 0.467 e. The Hall–Kier alpha value is -2.06. The molecule has 1 aromatic heterocycles. The summed E-state index contributed by atoms with van der Waals surface area (Å²) >= 11 is 0. The molecule has 2 unspecified atom stereocenters. The molecule has 3 rings (SSSR count). The van der Waals surface area contributed by atoms with Crippen molar-refractivity contribution in [2.45, 2.75) is 44.7 Å². The maximum Gasteiger partial charge on any atom is 0.431 e. The first-order chi connectivity index (χ1) is 12.3. The van der Waals surface area contributed by atoms with Crippen LogP contribution in [0.25, 0.3) is 0 Å². The number of halogens is 3. The van der Waals surface area contributed by atoms with Crippen LogP contribution >= 0.6 is 0 Å². The Morgan fingerprint density at radius 2 is 1.96 bits per heavy atom. The highest BCUT2D eigenvalue weighted by atomic mass is 19.4. The molecular formula is C17H22F3N3O3. The van der Waals surface area contributed by atoms with Crippen molar-refractivity contribution in [3.8, 4) is 5.88 Å². The summed E-state index contributed by atoms with van der Waals surface area (Å²) in [5, 5.41) is 2.77. The van der Waals surface area contributed by atoms with Gasteiger partial charge in [0.05, 0.1) is 0 Å². The molecule has 2 aliphatic carbocycles. The Morgan fingerprint density at radius 1 is 1.27 bits per heavy atom. The van der Waals surface area contributed by atoms with Gasteiger partial charge in [-0.2, -0.15) is 18.2 Å². The quantitative estimate of drug-likeness (QED) is 0.831. The molecule has 0 aromatic carbocycles. The van der Waals surface area contributed by atoms with Crippen LogP contribution < -0.4 is 15.7 Å². The van der Waals surface area contributed by atoms with E-state index in [0.29, 0.717) is 18.5 Å². The molecule has 0 aliphatic heterocycles. The molecule has 2 N–H and O–H groups in total. The van der Waals surface area contributed by atoms with Gasteiger partial charge >= 0.3 is 11.9 Å². The lowest BCUT2D eigenvalue weighted by Gasteiger charge is -2.39. The second kappa shape index (κ2) is 7.67. The van der Waals surface area contributed by atoms with Gasteiger partial charge in [-0.05, 0) is 37.0 Å². The van der Waals surface area contributed by atoms with Crippen LogP contribution in [-0.2, 0) is 11.0 Å². The molecule has 2 atom stereocenters. The second-order valence-electron chi connectivity index (χ2n) is 7.26. The first-order valence-corrected chi connectivity index (χ1v) is 8.87. The third-order valence-corrected chi connectivity index (χ3v) is 5.19. The van der Waals surface area contributed by atoms with Crippen LogP contribution in [0.5, 0.6) is 5.88 Å². The zero-order valence-electron chi connectivity index (χ0n) is 14.3. The zero-order valence-corrected chi connectivity index (χ0v) is 14.3. The van der Waals surface area contributed by atoms with Gasteiger partial charge in [-0.1, -0.05) is 19.3 Å². The Kier molecular flexibility index (Phi) is 5.52. The Balaban J connectivity index is 1.47. The van der Waals surface area contributed by atoms with Gasteiger partial charge in [0, 0.05) is 12.6 Å². The molecule has 6 nitrogen and oxygen atoms in total. The highest BCUT2D eigenvalue weighted by Gasteiger charge is 2.33.